The molecule has 0 unspecified atom stereocenters. The molecule has 0 saturated heterocycles. The highest BCUT2D eigenvalue weighted by molar-refractivity contribution is 7.85. The highest BCUT2D eigenvalue weighted by Crippen LogP contribution is 2.15. The van der Waals surface area contributed by atoms with E-state index in [9.17, 15) is 46.8 Å². The van der Waals surface area contributed by atoms with Crippen LogP contribution in [0.25, 0.3) is 0 Å². The molecule has 0 spiro atoms. The fourth-order valence-corrected chi connectivity index (χ4v) is 5.95. The van der Waals surface area contributed by atoms with Crippen LogP contribution in [0.5, 0.6) is 0 Å². The Morgan fingerprint density at radius 1 is 0.732 bits per heavy atom. The van der Waals surface area contributed by atoms with Gasteiger partial charge in [-0.25, -0.2) is 4.79 Å². The van der Waals surface area contributed by atoms with Gasteiger partial charge >= 0.3 is 5.97 Å². The number of nitrogens with two attached hydrogens (primary N) is 3. The van der Waals surface area contributed by atoms with Crippen LogP contribution >= 0.6 is 12.2 Å². The van der Waals surface area contributed by atoms with Crippen LogP contribution in [0, 0.1) is 17.8 Å². The molecular weight excluding hydrogens is 779 g/mol. The van der Waals surface area contributed by atoms with Gasteiger partial charge in [0, 0.05) is 12.2 Å². The molecule has 0 radical (unpaired) electrons. The van der Waals surface area contributed by atoms with Crippen LogP contribution in [-0.2, 0) is 38.9 Å². The van der Waals surface area contributed by atoms with E-state index in [0.717, 1.165) is 0 Å². The van der Waals surface area contributed by atoms with E-state index in [0.29, 0.717) is 5.69 Å². The quantitative estimate of drug-likeness (QED) is 0.0213. The molecule has 0 bridgehead atoms. The number of primary amides is 1. The lowest BCUT2D eigenvalue weighted by atomic mass is 9.98. The monoisotopic (exact) mass is 834 g/mol. The van der Waals surface area contributed by atoms with Gasteiger partial charge in [-0.1, -0.05) is 41.5 Å². The number of amides is 5. The molecule has 22 heteroatoms. The Morgan fingerprint density at radius 2 is 1.21 bits per heavy atom. The topological polar surface area (TPSA) is 340 Å². The lowest BCUT2D eigenvalue weighted by molar-refractivity contribution is -0.142. The molecule has 314 valence electrons. The summed E-state index contributed by atoms with van der Waals surface area (Å²) in [6.07, 6.45) is -0.213. The lowest BCUT2D eigenvalue weighted by Crippen LogP contribution is -2.60. The molecule has 1 aromatic rings. The molecular formula is C34H56N10O10S2. The number of nitrogens with zero attached hydrogens (tertiary/aromatic N) is 1. The van der Waals surface area contributed by atoms with Crippen molar-refractivity contribution in [3.63, 3.8) is 0 Å². The fourth-order valence-electron chi connectivity index (χ4n) is 5.21. The summed E-state index contributed by atoms with van der Waals surface area (Å²) in [4.78, 5) is 81.4. The number of aliphatic imine (C=N–C) groups is 1. The smallest absolute Gasteiger partial charge is 0.326 e. The van der Waals surface area contributed by atoms with Crippen molar-refractivity contribution in [2.75, 3.05) is 11.9 Å². The number of rotatable bonds is 23. The predicted molar refractivity (Wildman–Crippen MR) is 212 cm³/mol. The van der Waals surface area contributed by atoms with Gasteiger partial charge in [-0.15, -0.1) is 0 Å². The summed E-state index contributed by atoms with van der Waals surface area (Å²) in [5.74, 6) is -6.37. The number of anilines is 1. The molecule has 56 heavy (non-hydrogen) atoms. The molecule has 20 nitrogen and oxygen atoms in total. The summed E-state index contributed by atoms with van der Waals surface area (Å²) in [6.45, 7) is 10.8. The third-order valence-electron chi connectivity index (χ3n) is 7.92. The van der Waals surface area contributed by atoms with Gasteiger partial charge in [0.25, 0.3) is 10.1 Å². The maximum absolute atomic E-state index is 13.7. The number of aliphatic carboxylic acids is 1. The van der Waals surface area contributed by atoms with Gasteiger partial charge in [-0.3, -0.25) is 33.5 Å². The number of nitrogens with one attached hydrogen (secondary N) is 6. The number of carbonyl (C=O) groups excluding carboxylic acids is 5. The first kappa shape index (κ1) is 48.9. The van der Waals surface area contributed by atoms with Crippen molar-refractivity contribution < 1.29 is 46.8 Å². The maximum Gasteiger partial charge on any atom is 0.326 e. The molecule has 0 aromatic heterocycles. The number of carboxylic acid groups (broad SMARTS) is 1. The second kappa shape index (κ2) is 23.1. The molecule has 0 aliphatic heterocycles. The van der Waals surface area contributed by atoms with Gasteiger partial charge in [0.1, 0.15) is 30.2 Å². The third kappa shape index (κ3) is 18.5. The van der Waals surface area contributed by atoms with Crippen LogP contribution in [0.2, 0.25) is 0 Å². The summed E-state index contributed by atoms with van der Waals surface area (Å²) in [6, 6.07) is -1.29. The minimum atomic E-state index is -4.41. The van der Waals surface area contributed by atoms with Gasteiger partial charge in [-0.05, 0) is 79.9 Å². The van der Waals surface area contributed by atoms with Gasteiger partial charge in [0.05, 0.1) is 11.3 Å². The zero-order chi connectivity index (χ0) is 42.9. The van der Waals surface area contributed by atoms with Gasteiger partial charge in [-0.2, -0.15) is 8.42 Å². The number of hydrogen-bond donors (Lipinski definition) is 11. The summed E-state index contributed by atoms with van der Waals surface area (Å²) in [5, 5.41) is 25.5. The molecule has 1 aromatic carbocycles. The Hall–Kier alpha value is -5.09. The van der Waals surface area contributed by atoms with E-state index in [1.54, 1.807) is 27.7 Å². The second-order valence-electron chi connectivity index (χ2n) is 14.3. The van der Waals surface area contributed by atoms with Crippen molar-refractivity contribution in [2.24, 2.45) is 39.9 Å². The van der Waals surface area contributed by atoms with Crippen molar-refractivity contribution in [1.82, 2.24) is 26.6 Å². The summed E-state index contributed by atoms with van der Waals surface area (Å²) in [5.41, 5.74) is 16.3. The fraction of sp³-hybridized carbons (Fsp3) is 0.588. The Balaban J connectivity index is 3.17. The molecule has 1 rings (SSSR count). The van der Waals surface area contributed by atoms with Crippen molar-refractivity contribution >= 4 is 74.6 Å². The van der Waals surface area contributed by atoms with E-state index in [4.69, 9.17) is 29.4 Å². The van der Waals surface area contributed by atoms with E-state index < -0.39 is 88.2 Å². The van der Waals surface area contributed by atoms with Crippen LogP contribution < -0.4 is 49.1 Å². The van der Waals surface area contributed by atoms with E-state index in [-0.39, 0.29) is 60.0 Å². The molecule has 0 saturated carbocycles. The number of guanidine groups is 1. The number of carbonyl (C=O) groups is 6. The molecule has 0 fully saturated rings. The number of benzene rings is 1. The van der Waals surface area contributed by atoms with Gasteiger partial charge in [0.15, 0.2) is 11.1 Å². The van der Waals surface area contributed by atoms with Crippen molar-refractivity contribution in [3.05, 3.63) is 24.3 Å². The Labute approximate surface area is 332 Å². The second-order valence-corrected chi connectivity index (χ2v) is 16.1. The highest BCUT2D eigenvalue weighted by Gasteiger charge is 2.34. The number of hydrogen-bond acceptors (Lipinski definition) is 10. The van der Waals surface area contributed by atoms with Gasteiger partial charge < -0.3 is 54.2 Å². The van der Waals surface area contributed by atoms with E-state index in [1.165, 1.54) is 24.3 Å². The molecule has 0 aliphatic carbocycles. The van der Waals surface area contributed by atoms with Crippen molar-refractivity contribution in [2.45, 2.75) is 109 Å². The third-order valence-corrected chi connectivity index (χ3v) is 9.01. The van der Waals surface area contributed by atoms with Crippen molar-refractivity contribution in [1.29, 1.82) is 0 Å². The highest BCUT2D eigenvalue weighted by atomic mass is 32.2. The standard InChI is InChI=1S/C34H56N10O10S2/c1-17(2)14-23(28(46)41-25(16-26(35)45)29(47)40-22(32(50)51)8-7-13-38-33(36)37)42-31(49)27(19(5)6)44-30(48)24(15-18(3)4)43-34(55)39-20-9-11-21(12-10-20)56(52,53)54/h9-12,17-19,22-25,27H,7-8,13-16H2,1-6H3,(H2,35,45)(H,40,47)(H,41,46)(H,42,49)(H,44,48)(H,50,51)(H4,36,37,38)(H2,39,43,55)(H,52,53,54)/t22-,23-,24-,25-,27-/m0/s1/i9+1,10+1,11+1,12+1,20+1,21+1. The lowest BCUT2D eigenvalue weighted by Gasteiger charge is -2.29. The van der Waals surface area contributed by atoms with Crippen LogP contribution in [0.3, 0.4) is 0 Å². The van der Waals surface area contributed by atoms with E-state index in [1.807, 2.05) is 13.8 Å². The maximum atomic E-state index is 13.7. The summed E-state index contributed by atoms with van der Waals surface area (Å²) < 4.78 is 31.9. The number of thiocarbonyl (C=S) groups is 1. The van der Waals surface area contributed by atoms with Crippen molar-refractivity contribution in [3.8, 4) is 0 Å². The zero-order valence-corrected chi connectivity index (χ0v) is 34.0. The van der Waals surface area contributed by atoms with E-state index in [2.05, 4.69) is 36.9 Å². The first-order valence-corrected chi connectivity index (χ1v) is 19.7. The predicted octanol–water partition coefficient (Wildman–Crippen LogP) is -0.711. The molecule has 5 amide bonds. The normalized spacial score (nSPS) is 14.0. The van der Waals surface area contributed by atoms with Crippen LogP contribution in [-0.4, -0.2) is 101 Å². The first-order valence-electron chi connectivity index (χ1n) is 17.8. The first-order chi connectivity index (χ1) is 25.9. The summed E-state index contributed by atoms with van der Waals surface area (Å²) >= 11 is 5.39. The van der Waals surface area contributed by atoms with E-state index >= 15 is 0 Å². The van der Waals surface area contributed by atoms with Gasteiger partial charge in [0.2, 0.25) is 29.5 Å². The largest absolute Gasteiger partial charge is 0.480 e. The average Bonchev–Trinajstić information content (AvgIpc) is 3.06. The summed E-state index contributed by atoms with van der Waals surface area (Å²) in [7, 11) is -4.41. The SMILES string of the molecule is CC(C)C[C@H](NC(=O)[C@@H](NC(=O)[C@H](CC(C)C)NC(=S)N[13c]1[13cH][13cH][13c](S(=O)(=O)O)[13cH][13cH]1)C(C)C)C(=O)N[C@@H](CC(N)=O)C(=O)N[C@@H](CCCN=C(N)N)C(=O)O. The van der Waals surface area contributed by atoms with Crippen LogP contribution in [0.4, 0.5) is 5.69 Å². The molecule has 0 heterocycles. The number of carboxylic acids is 1. The van der Waals surface area contributed by atoms with Crippen LogP contribution in [0.1, 0.15) is 73.6 Å². The molecule has 14 N–H and O–H groups in total. The van der Waals surface area contributed by atoms with Crippen LogP contribution in [0.15, 0.2) is 34.2 Å². The average molecular weight is 835 g/mol. The zero-order valence-electron chi connectivity index (χ0n) is 32.3. The molecule has 0 aliphatic rings. The minimum Gasteiger partial charge on any atom is -0.480 e. The Kier molecular flexibility index (Phi) is 20.2. The Morgan fingerprint density at radius 3 is 1.68 bits per heavy atom. The minimum absolute atomic E-state index is 0.0124. The molecule has 5 atom stereocenters. The Bertz CT molecular complexity index is 1680.